The molecule has 0 radical (unpaired) electrons. The number of piperidine rings is 1. The number of amides is 1. The van der Waals surface area contributed by atoms with Gasteiger partial charge in [-0.25, -0.2) is 12.8 Å². The Balaban J connectivity index is 1.35. The molecule has 2 aliphatic rings. The zero-order valence-corrected chi connectivity index (χ0v) is 19.4. The molecular weight excluding hydrogens is 453 g/mol. The van der Waals surface area contributed by atoms with Crippen LogP contribution in [0, 0.1) is 17.7 Å². The predicted octanol–water partition coefficient (Wildman–Crippen LogP) is 3.44. The number of carbonyl (C=O) groups is 1. The third kappa shape index (κ3) is 4.83. The molecule has 0 aliphatic carbocycles. The van der Waals surface area contributed by atoms with Crippen LogP contribution in [0.4, 0.5) is 4.39 Å². The standard InChI is InChI=1S/C23H27ClFN3O3S/c1-15-21(16-6-8-19(24)9-7-16)32(30,31)27-22(15)28-12-10-17(11-13-28)23(29)26-14-18-4-2-3-5-20(18)25/h2-9,15,17,21-22,27H,10-14H2,1H3,(H,26,29). The number of halogens is 2. The minimum absolute atomic E-state index is 0.0907. The highest BCUT2D eigenvalue weighted by molar-refractivity contribution is 7.90. The lowest BCUT2D eigenvalue weighted by Gasteiger charge is -2.36. The maximum Gasteiger partial charge on any atom is 0.223 e. The van der Waals surface area contributed by atoms with Crippen molar-refractivity contribution in [3.63, 3.8) is 0 Å². The Kier molecular flexibility index (Phi) is 6.86. The molecule has 1 amide bonds. The van der Waals surface area contributed by atoms with Crippen molar-refractivity contribution in [3.05, 3.63) is 70.5 Å². The quantitative estimate of drug-likeness (QED) is 0.688. The van der Waals surface area contributed by atoms with Crippen LogP contribution in [0.2, 0.25) is 5.02 Å². The van der Waals surface area contributed by atoms with Gasteiger partial charge >= 0.3 is 0 Å². The van der Waals surface area contributed by atoms with Gasteiger partial charge in [0.2, 0.25) is 15.9 Å². The molecule has 2 aliphatic heterocycles. The largest absolute Gasteiger partial charge is 0.352 e. The highest BCUT2D eigenvalue weighted by Gasteiger charge is 2.48. The monoisotopic (exact) mass is 479 g/mol. The van der Waals surface area contributed by atoms with E-state index in [0.29, 0.717) is 36.5 Å². The molecule has 0 bridgehead atoms. The summed E-state index contributed by atoms with van der Waals surface area (Å²) in [6, 6.07) is 13.3. The molecule has 9 heteroatoms. The molecule has 2 N–H and O–H groups in total. The van der Waals surface area contributed by atoms with Gasteiger partial charge in [-0.1, -0.05) is 48.9 Å². The van der Waals surface area contributed by atoms with Gasteiger partial charge in [-0.05, 0) is 36.6 Å². The summed E-state index contributed by atoms with van der Waals surface area (Å²) in [5.41, 5.74) is 1.18. The summed E-state index contributed by atoms with van der Waals surface area (Å²) in [7, 11) is -3.52. The zero-order valence-electron chi connectivity index (χ0n) is 17.8. The van der Waals surface area contributed by atoms with E-state index in [1.54, 1.807) is 42.5 Å². The smallest absolute Gasteiger partial charge is 0.223 e. The molecule has 2 aromatic carbocycles. The molecule has 6 nitrogen and oxygen atoms in total. The van der Waals surface area contributed by atoms with Crippen LogP contribution in [-0.2, 0) is 21.4 Å². The van der Waals surface area contributed by atoms with Crippen LogP contribution in [0.3, 0.4) is 0 Å². The number of sulfonamides is 1. The summed E-state index contributed by atoms with van der Waals surface area (Å²) in [5.74, 6) is -0.752. The van der Waals surface area contributed by atoms with E-state index in [1.165, 1.54) is 6.07 Å². The van der Waals surface area contributed by atoms with Crippen molar-refractivity contribution in [1.82, 2.24) is 14.9 Å². The van der Waals surface area contributed by atoms with Gasteiger partial charge in [0.1, 0.15) is 11.1 Å². The molecule has 32 heavy (non-hydrogen) atoms. The third-order valence-electron chi connectivity index (χ3n) is 6.50. The maximum absolute atomic E-state index is 13.8. The molecule has 0 spiro atoms. The van der Waals surface area contributed by atoms with Crippen LogP contribution >= 0.6 is 11.6 Å². The Hall–Kier alpha value is -2.00. The molecule has 4 rings (SSSR count). The van der Waals surface area contributed by atoms with E-state index in [0.717, 1.165) is 5.56 Å². The lowest BCUT2D eigenvalue weighted by molar-refractivity contribution is -0.126. The maximum atomic E-state index is 13.8. The minimum atomic E-state index is -3.52. The number of benzene rings is 2. The van der Waals surface area contributed by atoms with Gasteiger partial charge in [0.05, 0.1) is 6.17 Å². The van der Waals surface area contributed by atoms with E-state index >= 15 is 0 Å². The van der Waals surface area contributed by atoms with E-state index in [9.17, 15) is 17.6 Å². The van der Waals surface area contributed by atoms with Gasteiger partial charge in [-0.15, -0.1) is 0 Å². The number of nitrogens with zero attached hydrogens (tertiary/aromatic N) is 1. The molecular formula is C23H27ClFN3O3S. The number of nitrogens with one attached hydrogen (secondary N) is 2. The van der Waals surface area contributed by atoms with Crippen molar-refractivity contribution < 1.29 is 17.6 Å². The number of rotatable bonds is 5. The van der Waals surface area contributed by atoms with E-state index in [-0.39, 0.29) is 36.3 Å². The first-order chi connectivity index (χ1) is 15.3. The normalized spacial score (nSPS) is 26.2. The highest BCUT2D eigenvalue weighted by atomic mass is 35.5. The lowest BCUT2D eigenvalue weighted by Crippen LogP contribution is -2.50. The molecule has 2 heterocycles. The summed E-state index contributed by atoms with van der Waals surface area (Å²) < 4.78 is 42.3. The predicted molar refractivity (Wildman–Crippen MR) is 122 cm³/mol. The van der Waals surface area contributed by atoms with Gasteiger partial charge in [0, 0.05) is 42.1 Å². The number of likely N-dealkylation sites (tertiary alicyclic amines) is 1. The summed E-state index contributed by atoms with van der Waals surface area (Å²) >= 11 is 5.96. The molecule has 0 aromatic heterocycles. The van der Waals surface area contributed by atoms with Crippen molar-refractivity contribution in [2.45, 2.75) is 37.7 Å². The van der Waals surface area contributed by atoms with Gasteiger partial charge in [0.15, 0.2) is 0 Å². The van der Waals surface area contributed by atoms with Crippen LogP contribution < -0.4 is 10.0 Å². The van der Waals surface area contributed by atoms with Gasteiger partial charge in [-0.2, -0.15) is 4.72 Å². The van der Waals surface area contributed by atoms with Crippen LogP contribution in [0.1, 0.15) is 36.1 Å². The molecule has 2 fully saturated rings. The van der Waals surface area contributed by atoms with E-state index in [1.807, 2.05) is 6.92 Å². The Morgan fingerprint density at radius 3 is 2.47 bits per heavy atom. The molecule has 3 unspecified atom stereocenters. The SMILES string of the molecule is CC1C(N2CCC(C(=O)NCc3ccccc3F)CC2)NS(=O)(=O)C1c1ccc(Cl)cc1. The molecule has 3 atom stereocenters. The Labute approximate surface area is 193 Å². The van der Waals surface area contributed by atoms with Gasteiger partial charge in [0.25, 0.3) is 0 Å². The average Bonchev–Trinajstić information content (AvgIpc) is 3.02. The van der Waals surface area contributed by atoms with Crippen LogP contribution in [0.5, 0.6) is 0 Å². The number of carbonyl (C=O) groups excluding carboxylic acids is 1. The van der Waals surface area contributed by atoms with Crippen molar-refractivity contribution >= 4 is 27.5 Å². The Morgan fingerprint density at radius 1 is 1.16 bits per heavy atom. The Bertz CT molecular complexity index is 1070. The zero-order chi connectivity index (χ0) is 22.9. The van der Waals surface area contributed by atoms with Crippen molar-refractivity contribution in [2.75, 3.05) is 13.1 Å². The van der Waals surface area contributed by atoms with E-state index in [4.69, 9.17) is 11.6 Å². The number of hydrogen-bond acceptors (Lipinski definition) is 4. The van der Waals surface area contributed by atoms with E-state index in [2.05, 4.69) is 14.9 Å². The minimum Gasteiger partial charge on any atom is -0.352 e. The molecule has 172 valence electrons. The summed E-state index contributed by atoms with van der Waals surface area (Å²) in [4.78, 5) is 14.7. The van der Waals surface area contributed by atoms with E-state index < -0.39 is 15.3 Å². The summed E-state index contributed by atoms with van der Waals surface area (Å²) in [5, 5.41) is 2.75. The average molecular weight is 480 g/mol. The van der Waals surface area contributed by atoms with Crippen LogP contribution in [0.25, 0.3) is 0 Å². The summed E-state index contributed by atoms with van der Waals surface area (Å²) in [6.45, 7) is 3.33. The van der Waals surface area contributed by atoms with Gasteiger partial charge < -0.3 is 5.32 Å². The second kappa shape index (κ2) is 9.47. The first kappa shape index (κ1) is 23.2. The Morgan fingerprint density at radius 2 is 1.81 bits per heavy atom. The fourth-order valence-electron chi connectivity index (χ4n) is 4.75. The van der Waals surface area contributed by atoms with Gasteiger partial charge in [-0.3, -0.25) is 9.69 Å². The highest BCUT2D eigenvalue weighted by Crippen LogP contribution is 2.40. The van der Waals surface area contributed by atoms with Crippen LogP contribution in [0.15, 0.2) is 48.5 Å². The first-order valence-corrected chi connectivity index (χ1v) is 12.7. The fraction of sp³-hybridized carbons (Fsp3) is 0.435. The second-order valence-corrected chi connectivity index (χ2v) is 10.8. The molecule has 2 saturated heterocycles. The van der Waals surface area contributed by atoms with Crippen molar-refractivity contribution in [3.8, 4) is 0 Å². The second-order valence-electron chi connectivity index (χ2n) is 8.56. The topological polar surface area (TPSA) is 78.5 Å². The molecule has 0 saturated carbocycles. The molecule has 2 aromatic rings. The van der Waals surface area contributed by atoms with Crippen molar-refractivity contribution in [1.29, 1.82) is 0 Å². The number of hydrogen-bond donors (Lipinski definition) is 2. The third-order valence-corrected chi connectivity index (χ3v) is 8.69. The summed E-state index contributed by atoms with van der Waals surface area (Å²) in [6.07, 6.45) is 0.933. The first-order valence-electron chi connectivity index (χ1n) is 10.8. The van der Waals surface area contributed by atoms with Crippen molar-refractivity contribution in [2.24, 2.45) is 11.8 Å². The lowest BCUT2D eigenvalue weighted by atomic mass is 9.92. The van der Waals surface area contributed by atoms with Crippen LogP contribution in [-0.4, -0.2) is 38.5 Å². The fourth-order valence-corrected chi connectivity index (χ4v) is 6.95.